The normalized spacial score (nSPS) is 11.2. The fourth-order valence-corrected chi connectivity index (χ4v) is 3.67. The summed E-state index contributed by atoms with van der Waals surface area (Å²) in [4.78, 5) is 17.1. The summed E-state index contributed by atoms with van der Waals surface area (Å²) >= 11 is 1.45. The van der Waals surface area contributed by atoms with Gasteiger partial charge in [-0.25, -0.2) is 4.98 Å². The Morgan fingerprint density at radius 1 is 1.12 bits per heavy atom. The van der Waals surface area contributed by atoms with Crippen LogP contribution >= 0.6 is 11.3 Å². The third-order valence-corrected chi connectivity index (χ3v) is 5.03. The molecular weight excluding hydrogens is 346 g/mol. The van der Waals surface area contributed by atoms with Gasteiger partial charge in [0.25, 0.3) is 5.91 Å². The van der Waals surface area contributed by atoms with E-state index in [0.29, 0.717) is 16.8 Å². The number of anilines is 1. The Morgan fingerprint density at radius 2 is 1.92 bits per heavy atom. The van der Waals surface area contributed by atoms with Crippen molar-refractivity contribution in [3.05, 3.63) is 65.9 Å². The Labute approximate surface area is 154 Å². The van der Waals surface area contributed by atoms with Crippen LogP contribution in [0.5, 0.6) is 0 Å². The highest BCUT2D eigenvalue weighted by molar-refractivity contribution is 7.22. The number of thiazole rings is 1. The second-order valence-electron chi connectivity index (χ2n) is 6.26. The Morgan fingerprint density at radius 3 is 2.69 bits per heavy atom. The number of fused-ring (bicyclic) bond motifs is 1. The number of hydrogen-bond donors (Lipinski definition) is 1. The molecular formula is C20H17N3O2S. The number of nitrogens with one attached hydrogen (secondary N) is 1. The topological polar surface area (TPSA) is 68.0 Å². The number of benzene rings is 2. The maximum Gasteiger partial charge on any atom is 0.279 e. The Bertz CT molecular complexity index is 1070. The zero-order valence-electron chi connectivity index (χ0n) is 14.4. The van der Waals surface area contributed by atoms with Gasteiger partial charge in [0.15, 0.2) is 16.6 Å². The molecule has 1 amide bonds. The standard InChI is InChI=1S/C20H17N3O2S/c1-12(2)14-9-6-10-17-18(14)21-20(26-17)22-19(24)15-11-16(25-23-15)13-7-4-3-5-8-13/h3-12H,1-2H3,(H,21,22,24). The van der Waals surface area contributed by atoms with Gasteiger partial charge in [-0.1, -0.05) is 72.8 Å². The lowest BCUT2D eigenvalue weighted by atomic mass is 10.0. The monoisotopic (exact) mass is 363 g/mol. The van der Waals surface area contributed by atoms with Gasteiger partial charge < -0.3 is 4.52 Å². The van der Waals surface area contributed by atoms with E-state index in [1.165, 1.54) is 16.9 Å². The Balaban J connectivity index is 1.58. The molecule has 2 aromatic heterocycles. The van der Waals surface area contributed by atoms with Crippen LogP contribution in [0.25, 0.3) is 21.5 Å². The number of nitrogens with zero attached hydrogens (tertiary/aromatic N) is 2. The van der Waals surface area contributed by atoms with Crippen molar-refractivity contribution in [1.82, 2.24) is 10.1 Å². The maximum absolute atomic E-state index is 12.5. The predicted octanol–water partition coefficient (Wildman–Crippen LogP) is 5.33. The predicted molar refractivity (Wildman–Crippen MR) is 104 cm³/mol. The van der Waals surface area contributed by atoms with Crippen molar-refractivity contribution in [3.8, 4) is 11.3 Å². The maximum atomic E-state index is 12.5. The molecule has 0 fully saturated rings. The summed E-state index contributed by atoms with van der Waals surface area (Å²) in [6, 6.07) is 17.3. The zero-order valence-corrected chi connectivity index (χ0v) is 15.2. The van der Waals surface area contributed by atoms with Gasteiger partial charge >= 0.3 is 0 Å². The van der Waals surface area contributed by atoms with E-state index in [0.717, 1.165) is 15.8 Å². The molecule has 1 N–H and O–H groups in total. The average Bonchev–Trinajstić information content (AvgIpc) is 3.28. The highest BCUT2D eigenvalue weighted by atomic mass is 32.1. The quantitative estimate of drug-likeness (QED) is 0.532. The lowest BCUT2D eigenvalue weighted by molar-refractivity contribution is 0.101. The van der Waals surface area contributed by atoms with E-state index >= 15 is 0 Å². The Kier molecular flexibility index (Phi) is 4.26. The smallest absolute Gasteiger partial charge is 0.279 e. The largest absolute Gasteiger partial charge is 0.355 e. The molecule has 0 bridgehead atoms. The first-order valence-corrected chi connectivity index (χ1v) is 9.16. The number of carbonyl (C=O) groups excluding carboxylic acids is 1. The summed E-state index contributed by atoms with van der Waals surface area (Å²) in [5, 5.41) is 7.26. The van der Waals surface area contributed by atoms with Crippen molar-refractivity contribution in [2.45, 2.75) is 19.8 Å². The van der Waals surface area contributed by atoms with Gasteiger partial charge in [-0.15, -0.1) is 0 Å². The summed E-state index contributed by atoms with van der Waals surface area (Å²) in [6.07, 6.45) is 0. The summed E-state index contributed by atoms with van der Waals surface area (Å²) in [6.45, 7) is 4.26. The van der Waals surface area contributed by atoms with Crippen LogP contribution in [0.15, 0.2) is 59.1 Å². The molecule has 6 heteroatoms. The molecule has 26 heavy (non-hydrogen) atoms. The molecule has 0 radical (unpaired) electrons. The van der Waals surface area contributed by atoms with Crippen molar-refractivity contribution in [2.75, 3.05) is 5.32 Å². The molecule has 0 saturated heterocycles. The molecule has 4 aromatic rings. The third-order valence-electron chi connectivity index (χ3n) is 4.09. The number of rotatable bonds is 4. The van der Waals surface area contributed by atoms with E-state index in [4.69, 9.17) is 4.52 Å². The second-order valence-corrected chi connectivity index (χ2v) is 7.29. The van der Waals surface area contributed by atoms with Gasteiger partial charge in [-0.2, -0.15) is 0 Å². The summed E-state index contributed by atoms with van der Waals surface area (Å²) in [7, 11) is 0. The molecule has 0 aliphatic heterocycles. The molecule has 0 spiro atoms. The van der Waals surface area contributed by atoms with Crippen molar-refractivity contribution in [2.24, 2.45) is 0 Å². The third kappa shape index (κ3) is 3.11. The number of amides is 1. The Hall–Kier alpha value is -2.99. The van der Waals surface area contributed by atoms with E-state index in [2.05, 4.69) is 35.4 Å². The summed E-state index contributed by atoms with van der Waals surface area (Å²) < 4.78 is 6.34. The fourth-order valence-electron chi connectivity index (χ4n) is 2.77. The van der Waals surface area contributed by atoms with Gasteiger partial charge in [0.2, 0.25) is 0 Å². The number of carbonyl (C=O) groups is 1. The van der Waals surface area contributed by atoms with Crippen LogP contribution in [0.3, 0.4) is 0 Å². The van der Waals surface area contributed by atoms with E-state index < -0.39 is 0 Å². The molecule has 2 aromatic carbocycles. The molecule has 0 saturated carbocycles. The highest BCUT2D eigenvalue weighted by Crippen LogP contribution is 2.31. The summed E-state index contributed by atoms with van der Waals surface area (Å²) in [5.74, 6) is 0.594. The average molecular weight is 363 g/mol. The van der Waals surface area contributed by atoms with Crippen LogP contribution in [0.2, 0.25) is 0 Å². The van der Waals surface area contributed by atoms with Crippen molar-refractivity contribution in [3.63, 3.8) is 0 Å². The minimum absolute atomic E-state index is 0.229. The van der Waals surface area contributed by atoms with E-state index in [1.54, 1.807) is 6.07 Å². The molecule has 0 atom stereocenters. The van der Waals surface area contributed by atoms with Crippen LogP contribution in [0, 0.1) is 0 Å². The first-order chi connectivity index (χ1) is 12.6. The minimum atomic E-state index is -0.332. The van der Waals surface area contributed by atoms with Crippen LogP contribution in [0.1, 0.15) is 35.8 Å². The highest BCUT2D eigenvalue weighted by Gasteiger charge is 2.17. The van der Waals surface area contributed by atoms with Crippen LogP contribution in [-0.2, 0) is 0 Å². The molecule has 4 rings (SSSR count). The number of hydrogen-bond acceptors (Lipinski definition) is 5. The van der Waals surface area contributed by atoms with Crippen molar-refractivity contribution >= 4 is 32.6 Å². The first-order valence-electron chi connectivity index (χ1n) is 8.35. The van der Waals surface area contributed by atoms with E-state index in [9.17, 15) is 4.79 Å². The van der Waals surface area contributed by atoms with Gasteiger partial charge in [0, 0.05) is 11.6 Å². The first kappa shape index (κ1) is 16.5. The van der Waals surface area contributed by atoms with E-state index in [-0.39, 0.29) is 11.6 Å². The van der Waals surface area contributed by atoms with Crippen molar-refractivity contribution in [1.29, 1.82) is 0 Å². The number of aromatic nitrogens is 2. The van der Waals surface area contributed by atoms with Crippen LogP contribution < -0.4 is 5.32 Å². The minimum Gasteiger partial charge on any atom is -0.355 e. The second kappa shape index (κ2) is 6.72. The van der Waals surface area contributed by atoms with Crippen LogP contribution in [0.4, 0.5) is 5.13 Å². The number of para-hydroxylation sites is 1. The molecule has 0 unspecified atom stereocenters. The van der Waals surface area contributed by atoms with Gasteiger partial charge in [-0.05, 0) is 17.5 Å². The molecule has 0 aliphatic rings. The lowest BCUT2D eigenvalue weighted by Gasteiger charge is -2.04. The van der Waals surface area contributed by atoms with Crippen molar-refractivity contribution < 1.29 is 9.32 Å². The molecule has 5 nitrogen and oxygen atoms in total. The van der Waals surface area contributed by atoms with Gasteiger partial charge in [-0.3, -0.25) is 10.1 Å². The summed E-state index contributed by atoms with van der Waals surface area (Å²) in [5.41, 5.74) is 3.22. The lowest BCUT2D eigenvalue weighted by Crippen LogP contribution is -2.11. The molecule has 2 heterocycles. The fraction of sp³-hybridized carbons (Fsp3) is 0.150. The van der Waals surface area contributed by atoms with Gasteiger partial charge in [0.05, 0.1) is 10.2 Å². The van der Waals surface area contributed by atoms with Crippen LogP contribution in [-0.4, -0.2) is 16.0 Å². The zero-order chi connectivity index (χ0) is 18.1. The SMILES string of the molecule is CC(C)c1cccc2sc(NC(=O)c3cc(-c4ccccc4)on3)nc12. The molecule has 130 valence electrons. The van der Waals surface area contributed by atoms with E-state index in [1.807, 2.05) is 42.5 Å². The van der Waals surface area contributed by atoms with Gasteiger partial charge in [0.1, 0.15) is 0 Å². The molecule has 0 aliphatic carbocycles.